The van der Waals surface area contributed by atoms with Gasteiger partial charge in [0.05, 0.1) is 45.1 Å². The minimum Gasteiger partial charge on any atom is -0.497 e. The Labute approximate surface area is 469 Å². The molecule has 76 heavy (non-hydrogen) atoms. The number of hydrogen-bond donors (Lipinski definition) is 1. The third kappa shape index (κ3) is 19.6. The largest absolute Gasteiger partial charge is 0.497 e. The summed E-state index contributed by atoms with van der Waals surface area (Å²) in [5, 5.41) is 2.75. The van der Waals surface area contributed by atoms with E-state index >= 15 is 0 Å². The Bertz CT molecular complexity index is 2720. The van der Waals surface area contributed by atoms with Gasteiger partial charge in [0.25, 0.3) is 0 Å². The maximum Gasteiger partial charge on any atom is 0.419 e. The van der Waals surface area contributed by atoms with Crippen LogP contribution in [0, 0.1) is 20.8 Å². The van der Waals surface area contributed by atoms with Crippen LogP contribution in [0.2, 0.25) is 10.3 Å². The lowest BCUT2D eigenvalue weighted by molar-refractivity contribution is -0.139. The second-order valence-corrected chi connectivity index (χ2v) is 19.2. The summed E-state index contributed by atoms with van der Waals surface area (Å²) in [5.41, 5.74) is 2.25. The molecule has 0 aliphatic heterocycles. The number of anilines is 1. The van der Waals surface area contributed by atoms with Crippen LogP contribution in [-0.4, -0.2) is 43.4 Å². The van der Waals surface area contributed by atoms with Crippen molar-refractivity contribution in [1.29, 1.82) is 0 Å². The molecule has 7 rings (SSSR count). The van der Waals surface area contributed by atoms with Crippen molar-refractivity contribution in [2.45, 2.75) is 65.5 Å². The maximum atomic E-state index is 13.4. The Morgan fingerprint density at radius 1 is 0.461 bits per heavy atom. The van der Waals surface area contributed by atoms with E-state index in [1.54, 1.807) is 28.4 Å². The molecule has 0 bridgehead atoms. The van der Waals surface area contributed by atoms with E-state index in [2.05, 4.69) is 92.3 Å². The van der Waals surface area contributed by atoms with Crippen molar-refractivity contribution < 1.29 is 58.5 Å². The summed E-state index contributed by atoms with van der Waals surface area (Å²) in [6.07, 6.45) is -13.3. The van der Waals surface area contributed by atoms with Gasteiger partial charge in [0.15, 0.2) is 0 Å². The van der Waals surface area contributed by atoms with Crippen molar-refractivity contribution in [3.63, 3.8) is 0 Å². The van der Waals surface area contributed by atoms with Crippen LogP contribution in [0.15, 0.2) is 129 Å². The molecule has 23 heteroatoms. The van der Waals surface area contributed by atoms with E-state index in [1.807, 2.05) is 77.7 Å². The van der Waals surface area contributed by atoms with Gasteiger partial charge in [-0.1, -0.05) is 71.7 Å². The number of nitrogens with one attached hydrogen (secondary N) is 1. The van der Waals surface area contributed by atoms with Gasteiger partial charge in [-0.3, -0.25) is 0 Å². The third-order valence-electron chi connectivity index (χ3n) is 10.7. The molecule has 408 valence electrons. The van der Waals surface area contributed by atoms with Gasteiger partial charge in [0.2, 0.25) is 0 Å². The van der Waals surface area contributed by atoms with E-state index < -0.39 is 40.4 Å². The van der Waals surface area contributed by atoms with Gasteiger partial charge >= 0.3 is 18.5 Å². The normalized spacial score (nSPS) is 11.2. The average Bonchev–Trinajstić information content (AvgIpc) is 3.33. The summed E-state index contributed by atoms with van der Waals surface area (Å²) in [6, 6.07) is 35.2. The highest BCUT2D eigenvalue weighted by atomic mass is 79.9. The number of halogens is 14. The summed E-state index contributed by atoms with van der Waals surface area (Å²) in [7, 11) is 6.54. The first-order valence-electron chi connectivity index (χ1n) is 22.2. The number of nitrogens with zero attached hydrogens (tertiary/aromatic N) is 4. The van der Waals surface area contributed by atoms with Gasteiger partial charge in [0, 0.05) is 26.2 Å². The highest BCUT2D eigenvalue weighted by molar-refractivity contribution is 9.11. The van der Waals surface area contributed by atoms with Crippen molar-refractivity contribution in [2.75, 3.05) is 33.3 Å². The predicted octanol–water partition coefficient (Wildman–Crippen LogP) is 17.0. The minimum absolute atomic E-state index is 0.0301. The Morgan fingerprint density at radius 2 is 0.789 bits per heavy atom. The lowest BCUT2D eigenvalue weighted by Crippen LogP contribution is -2.24. The average molecular weight is 1300 g/mol. The Morgan fingerprint density at radius 3 is 1.11 bits per heavy atom. The predicted molar refractivity (Wildman–Crippen MR) is 287 cm³/mol. The van der Waals surface area contributed by atoms with Crippen molar-refractivity contribution in [3.8, 4) is 23.0 Å². The molecular formula is C53H49Br3Cl2F9N5O4. The first kappa shape index (κ1) is 63.2. The van der Waals surface area contributed by atoms with Gasteiger partial charge in [0.1, 0.15) is 52.9 Å². The number of alkyl halides is 9. The van der Waals surface area contributed by atoms with E-state index in [1.165, 1.54) is 44.0 Å². The number of pyridine rings is 3. The molecule has 0 atom stereocenters. The molecule has 7 aromatic rings. The Hall–Kier alpha value is -5.32. The summed E-state index contributed by atoms with van der Waals surface area (Å²) in [5.74, 6) is 3.69. The standard InChI is InChI=1S/C23H22BrF3N2O2.C16H19NO2.C7H4Br2F3N.C7H4Cl2F3N/c1-15-12-20(28-22(24)21(15)23(25,26)27)29(13-16-4-8-18(30-2)9-5-16)14-17-6-10-19(31-3)11-7-17;1-18-15-7-3-13(4-8-15)11-17-12-14-5-9-16(19-2)10-6-14;2*1-3-2-4(8)13-6(9)5(3)7(10,11)12/h4-12H,13-14H2,1-3H3;3-10,17H,11-12H2,1-2H3;2*2H,1H3. The Balaban J connectivity index is 0.000000237. The number of methoxy groups -OCH3 is 4. The lowest BCUT2D eigenvalue weighted by Gasteiger charge is -2.26. The number of rotatable bonds is 13. The van der Waals surface area contributed by atoms with Gasteiger partial charge in [-0.05, 0) is 174 Å². The third-order valence-corrected chi connectivity index (χ3v) is 12.7. The monoisotopic (exact) mass is 1300 g/mol. The molecule has 0 spiro atoms. The molecule has 0 aliphatic carbocycles. The van der Waals surface area contributed by atoms with Crippen LogP contribution in [0.25, 0.3) is 0 Å². The van der Waals surface area contributed by atoms with Crippen molar-refractivity contribution in [1.82, 2.24) is 20.3 Å². The van der Waals surface area contributed by atoms with Crippen molar-refractivity contribution in [3.05, 3.63) is 195 Å². The molecule has 0 aliphatic rings. The van der Waals surface area contributed by atoms with Crippen molar-refractivity contribution >= 4 is 76.8 Å². The van der Waals surface area contributed by atoms with Gasteiger partial charge in [-0.15, -0.1) is 0 Å². The second-order valence-electron chi connectivity index (χ2n) is 16.2. The lowest BCUT2D eigenvalue weighted by atomic mass is 10.1. The fraction of sp³-hybridized carbons (Fsp3) is 0.264. The van der Waals surface area contributed by atoms with E-state index in [-0.39, 0.29) is 31.0 Å². The van der Waals surface area contributed by atoms with Gasteiger partial charge in [-0.2, -0.15) is 39.5 Å². The first-order valence-corrected chi connectivity index (χ1v) is 25.3. The van der Waals surface area contributed by atoms with Crippen LogP contribution >= 0.6 is 71.0 Å². The second kappa shape index (κ2) is 28.9. The number of hydrogen-bond acceptors (Lipinski definition) is 9. The summed E-state index contributed by atoms with van der Waals surface area (Å²) >= 11 is 19.5. The zero-order chi connectivity index (χ0) is 56.5. The molecule has 3 heterocycles. The van der Waals surface area contributed by atoms with E-state index in [4.69, 9.17) is 42.1 Å². The molecule has 0 saturated carbocycles. The quantitative estimate of drug-likeness (QED) is 0.0895. The van der Waals surface area contributed by atoms with E-state index in [0.717, 1.165) is 53.3 Å². The molecule has 3 aromatic heterocycles. The Kier molecular flexibility index (Phi) is 24.0. The molecule has 0 saturated heterocycles. The molecule has 9 nitrogen and oxygen atoms in total. The van der Waals surface area contributed by atoms with Crippen LogP contribution < -0.4 is 29.2 Å². The molecule has 0 amide bonds. The highest BCUT2D eigenvalue weighted by Gasteiger charge is 2.38. The topological polar surface area (TPSA) is 90.9 Å². The van der Waals surface area contributed by atoms with Crippen molar-refractivity contribution in [2.24, 2.45) is 0 Å². The summed E-state index contributed by atoms with van der Waals surface area (Å²) in [4.78, 5) is 13.1. The highest BCUT2D eigenvalue weighted by Crippen LogP contribution is 2.40. The van der Waals surface area contributed by atoms with Crippen LogP contribution in [0.1, 0.15) is 55.6 Å². The van der Waals surface area contributed by atoms with Crippen LogP contribution in [0.3, 0.4) is 0 Å². The number of aromatic nitrogens is 3. The number of benzene rings is 4. The smallest absolute Gasteiger partial charge is 0.419 e. The molecule has 0 fully saturated rings. The fourth-order valence-corrected chi connectivity index (χ4v) is 9.80. The molecular weight excluding hydrogens is 1250 g/mol. The maximum absolute atomic E-state index is 13.4. The van der Waals surface area contributed by atoms with Gasteiger partial charge < -0.3 is 29.2 Å². The van der Waals surface area contributed by atoms with Crippen LogP contribution in [-0.2, 0) is 44.7 Å². The van der Waals surface area contributed by atoms with Crippen LogP contribution in [0.5, 0.6) is 23.0 Å². The minimum atomic E-state index is -4.49. The summed E-state index contributed by atoms with van der Waals surface area (Å²) < 4.78 is 135. The zero-order valence-corrected chi connectivity index (χ0v) is 47.8. The molecule has 0 radical (unpaired) electrons. The summed E-state index contributed by atoms with van der Waals surface area (Å²) in [6.45, 7) is 6.71. The molecule has 1 N–H and O–H groups in total. The van der Waals surface area contributed by atoms with E-state index in [0.29, 0.717) is 23.5 Å². The molecule has 0 unspecified atom stereocenters. The fourth-order valence-electron chi connectivity index (χ4n) is 6.95. The van der Waals surface area contributed by atoms with Gasteiger partial charge in [-0.25, -0.2) is 15.0 Å². The van der Waals surface area contributed by atoms with Crippen LogP contribution in [0.4, 0.5) is 45.3 Å². The SMILES string of the molecule is COc1ccc(CN(Cc2ccc(OC)cc2)c2cc(C)c(C(F)(F)F)c(Br)n2)cc1.COc1ccc(CNCc2ccc(OC)cc2)cc1.Cc1cc(Br)nc(Br)c1C(F)(F)F.Cc1cc(Cl)nc(Cl)c1C(F)(F)F. The number of ether oxygens (including phenoxy) is 4. The first-order chi connectivity index (χ1) is 35.7. The number of aryl methyl sites for hydroxylation is 3. The molecule has 4 aromatic carbocycles. The zero-order valence-electron chi connectivity index (χ0n) is 41.5. The van der Waals surface area contributed by atoms with E-state index in [9.17, 15) is 39.5 Å².